The summed E-state index contributed by atoms with van der Waals surface area (Å²) in [4.78, 5) is 20.1. The fourth-order valence-corrected chi connectivity index (χ4v) is 3.02. The molecule has 0 saturated carbocycles. The topological polar surface area (TPSA) is 71.8 Å². The second-order valence-corrected chi connectivity index (χ2v) is 5.87. The highest BCUT2D eigenvalue weighted by Gasteiger charge is 2.16. The highest BCUT2D eigenvalue weighted by atomic mass is 19.1. The van der Waals surface area contributed by atoms with E-state index in [2.05, 4.69) is 20.6 Å². The number of rotatable bonds is 5. The number of imidazole rings is 1. The van der Waals surface area contributed by atoms with Crippen molar-refractivity contribution in [1.82, 2.24) is 14.5 Å². The van der Waals surface area contributed by atoms with E-state index >= 15 is 0 Å². The first-order valence-electron chi connectivity index (χ1n) is 8.33. The van der Waals surface area contributed by atoms with Crippen LogP contribution in [0, 0.1) is 5.82 Å². The molecule has 2 heterocycles. The minimum Gasteiger partial charge on any atom is -0.386 e. The molecule has 6 nitrogen and oxygen atoms in total. The van der Waals surface area contributed by atoms with Crippen molar-refractivity contribution in [1.29, 1.82) is 0 Å². The molecule has 0 fully saturated rings. The molecule has 2 aromatic carbocycles. The van der Waals surface area contributed by atoms with Crippen molar-refractivity contribution in [2.24, 2.45) is 0 Å². The van der Waals surface area contributed by atoms with Crippen LogP contribution in [0.25, 0.3) is 28.2 Å². The third kappa shape index (κ3) is 2.99. The van der Waals surface area contributed by atoms with Crippen molar-refractivity contribution in [3.63, 3.8) is 0 Å². The number of nitrogens with one attached hydrogen (secondary N) is 2. The van der Waals surface area contributed by atoms with Gasteiger partial charge in [-0.2, -0.15) is 0 Å². The number of nitrogens with zero attached hydrogens (tertiary/aromatic N) is 3. The van der Waals surface area contributed by atoms with Gasteiger partial charge in [0, 0.05) is 18.8 Å². The summed E-state index contributed by atoms with van der Waals surface area (Å²) in [5, 5.41) is 5.74. The number of anilines is 2. The molecule has 7 heteroatoms. The molecule has 4 aromatic rings. The number of carbonyl (C=O) groups excluding carboxylic acids is 1. The molecule has 134 valence electrons. The SMILES string of the molecule is CNc1ccc(-n2c(-c3ccc(F)cc3)nc3cccnc32)cc1NC=O. The zero-order valence-electron chi connectivity index (χ0n) is 14.5. The third-order valence-electron chi connectivity index (χ3n) is 4.26. The number of fused-ring (bicyclic) bond motifs is 1. The number of halogens is 1. The van der Waals surface area contributed by atoms with Crippen molar-refractivity contribution < 1.29 is 9.18 Å². The molecule has 4 rings (SSSR count). The standard InChI is InChI=1S/C20H16FN5O/c1-22-16-9-8-15(11-18(16)24-12-27)26-19(13-4-6-14(21)7-5-13)25-17-3-2-10-23-20(17)26/h2-12,22H,1H3,(H,24,27). The Balaban J connectivity index is 1.98. The molecule has 0 radical (unpaired) electrons. The normalized spacial score (nSPS) is 10.7. The maximum absolute atomic E-state index is 13.4. The molecule has 0 aliphatic carbocycles. The molecule has 0 aliphatic heterocycles. The molecule has 0 saturated heterocycles. The summed E-state index contributed by atoms with van der Waals surface area (Å²) in [6, 6.07) is 15.5. The average molecular weight is 361 g/mol. The molecule has 2 aromatic heterocycles. The number of carbonyl (C=O) groups is 1. The number of aromatic nitrogens is 3. The molecule has 0 aliphatic rings. The molecular weight excluding hydrogens is 345 g/mol. The smallest absolute Gasteiger partial charge is 0.211 e. The fourth-order valence-electron chi connectivity index (χ4n) is 3.02. The van der Waals surface area contributed by atoms with Crippen LogP contribution < -0.4 is 10.6 Å². The van der Waals surface area contributed by atoms with Crippen LogP contribution in [0.4, 0.5) is 15.8 Å². The van der Waals surface area contributed by atoms with Crippen LogP contribution in [0.3, 0.4) is 0 Å². The summed E-state index contributed by atoms with van der Waals surface area (Å²) in [7, 11) is 1.78. The van der Waals surface area contributed by atoms with E-state index in [0.717, 1.165) is 22.5 Å². The molecule has 2 N–H and O–H groups in total. The Morgan fingerprint density at radius 2 is 1.89 bits per heavy atom. The minimum atomic E-state index is -0.310. The van der Waals surface area contributed by atoms with Crippen molar-refractivity contribution in [2.45, 2.75) is 0 Å². The van der Waals surface area contributed by atoms with E-state index in [-0.39, 0.29) is 5.82 Å². The number of hydrogen-bond donors (Lipinski definition) is 2. The highest BCUT2D eigenvalue weighted by Crippen LogP contribution is 2.31. The first-order chi connectivity index (χ1) is 13.2. The second kappa shape index (κ2) is 6.87. The van der Waals surface area contributed by atoms with Gasteiger partial charge in [-0.25, -0.2) is 14.4 Å². The molecule has 1 amide bonds. The average Bonchev–Trinajstić information content (AvgIpc) is 3.08. The van der Waals surface area contributed by atoms with Crippen LogP contribution in [0.15, 0.2) is 60.8 Å². The predicted molar refractivity (Wildman–Crippen MR) is 103 cm³/mol. The van der Waals surface area contributed by atoms with E-state index in [1.165, 1.54) is 12.1 Å². The van der Waals surface area contributed by atoms with Gasteiger partial charge in [-0.1, -0.05) is 0 Å². The first kappa shape index (κ1) is 16.7. The molecule has 0 unspecified atom stereocenters. The quantitative estimate of drug-likeness (QED) is 0.530. The van der Waals surface area contributed by atoms with Gasteiger partial charge in [0.1, 0.15) is 17.2 Å². The van der Waals surface area contributed by atoms with E-state index in [4.69, 9.17) is 0 Å². The fraction of sp³-hybridized carbons (Fsp3) is 0.0500. The third-order valence-corrected chi connectivity index (χ3v) is 4.26. The lowest BCUT2D eigenvalue weighted by atomic mass is 10.2. The Kier molecular flexibility index (Phi) is 4.25. The molecular formula is C20H16FN5O. The van der Waals surface area contributed by atoms with Gasteiger partial charge >= 0.3 is 0 Å². The summed E-state index contributed by atoms with van der Waals surface area (Å²) >= 11 is 0. The van der Waals surface area contributed by atoms with E-state index in [1.807, 2.05) is 34.9 Å². The van der Waals surface area contributed by atoms with Crippen LogP contribution in [-0.2, 0) is 4.79 Å². The Morgan fingerprint density at radius 1 is 1.07 bits per heavy atom. The Labute approximate surface area is 154 Å². The lowest BCUT2D eigenvalue weighted by Gasteiger charge is -2.13. The largest absolute Gasteiger partial charge is 0.386 e. The predicted octanol–water partition coefficient (Wildman–Crippen LogP) is 3.84. The summed E-state index contributed by atoms with van der Waals surface area (Å²) in [5.41, 5.74) is 4.35. The van der Waals surface area contributed by atoms with Crippen LogP contribution in [0.1, 0.15) is 0 Å². The van der Waals surface area contributed by atoms with Crippen LogP contribution in [0.2, 0.25) is 0 Å². The second-order valence-electron chi connectivity index (χ2n) is 5.87. The summed E-state index contributed by atoms with van der Waals surface area (Å²) in [6.45, 7) is 0. The van der Waals surface area contributed by atoms with Gasteiger partial charge in [0.15, 0.2) is 5.65 Å². The van der Waals surface area contributed by atoms with Gasteiger partial charge in [-0.15, -0.1) is 0 Å². The van der Waals surface area contributed by atoms with Gasteiger partial charge in [-0.05, 0) is 54.6 Å². The molecule has 0 atom stereocenters. The monoisotopic (exact) mass is 361 g/mol. The van der Waals surface area contributed by atoms with E-state index in [1.54, 1.807) is 25.4 Å². The number of amides is 1. The van der Waals surface area contributed by atoms with Crippen molar-refractivity contribution in [3.05, 3.63) is 66.6 Å². The molecule has 0 bridgehead atoms. The lowest BCUT2D eigenvalue weighted by molar-refractivity contribution is -0.105. The van der Waals surface area contributed by atoms with E-state index < -0.39 is 0 Å². The Hall–Kier alpha value is -3.74. The van der Waals surface area contributed by atoms with Crippen molar-refractivity contribution in [2.75, 3.05) is 17.7 Å². The molecule has 27 heavy (non-hydrogen) atoms. The number of hydrogen-bond acceptors (Lipinski definition) is 4. The van der Waals surface area contributed by atoms with Crippen LogP contribution >= 0.6 is 0 Å². The van der Waals surface area contributed by atoms with Crippen molar-refractivity contribution in [3.8, 4) is 17.1 Å². The summed E-state index contributed by atoms with van der Waals surface area (Å²) in [5.74, 6) is 0.327. The van der Waals surface area contributed by atoms with Gasteiger partial charge < -0.3 is 10.6 Å². The zero-order valence-corrected chi connectivity index (χ0v) is 14.5. The lowest BCUT2D eigenvalue weighted by Crippen LogP contribution is -2.03. The van der Waals surface area contributed by atoms with Gasteiger partial charge in [0.2, 0.25) is 6.41 Å². The van der Waals surface area contributed by atoms with E-state index in [0.29, 0.717) is 23.6 Å². The number of benzene rings is 2. The first-order valence-corrected chi connectivity index (χ1v) is 8.33. The minimum absolute atomic E-state index is 0.310. The van der Waals surface area contributed by atoms with E-state index in [9.17, 15) is 9.18 Å². The maximum atomic E-state index is 13.4. The Bertz CT molecular complexity index is 1120. The maximum Gasteiger partial charge on any atom is 0.211 e. The summed E-state index contributed by atoms with van der Waals surface area (Å²) in [6.07, 6.45) is 2.33. The highest BCUT2D eigenvalue weighted by molar-refractivity contribution is 5.85. The molecule has 0 spiro atoms. The Morgan fingerprint density at radius 3 is 2.63 bits per heavy atom. The van der Waals surface area contributed by atoms with Gasteiger partial charge in [0.05, 0.1) is 17.1 Å². The zero-order chi connectivity index (χ0) is 18.8. The van der Waals surface area contributed by atoms with Crippen LogP contribution in [0.5, 0.6) is 0 Å². The van der Waals surface area contributed by atoms with Crippen LogP contribution in [-0.4, -0.2) is 28.0 Å². The number of pyridine rings is 1. The van der Waals surface area contributed by atoms with Crippen molar-refractivity contribution >= 4 is 28.9 Å². The van der Waals surface area contributed by atoms with Gasteiger partial charge in [0.25, 0.3) is 0 Å². The van der Waals surface area contributed by atoms with Gasteiger partial charge in [-0.3, -0.25) is 9.36 Å². The summed E-state index contributed by atoms with van der Waals surface area (Å²) < 4.78 is 15.3.